The highest BCUT2D eigenvalue weighted by molar-refractivity contribution is 6.13. The standard InChI is InChI=1S/C37H40NO/c1-8-25-21-29(26-13-15-27(16-14-26)31-23-36(3,4)18-19-37(31,5)6)34-30(22-25)28-17-12-24(2)33(35(28)39-34)32-11-9-10-20-38(32)7/h8-17,20-22,31H,1,18-19,23H2,2-7H3/q+1. The van der Waals surface area contributed by atoms with E-state index in [-0.39, 0.29) is 0 Å². The Morgan fingerprint density at radius 2 is 1.67 bits per heavy atom. The molecule has 6 rings (SSSR count). The molecule has 2 nitrogen and oxygen atoms in total. The maximum absolute atomic E-state index is 6.82. The molecule has 2 heteroatoms. The predicted molar refractivity (Wildman–Crippen MR) is 165 cm³/mol. The Kier molecular flexibility index (Phi) is 6.06. The third-order valence-electron chi connectivity index (χ3n) is 9.29. The zero-order valence-corrected chi connectivity index (χ0v) is 24.3. The van der Waals surface area contributed by atoms with Gasteiger partial charge in [-0.25, -0.2) is 4.57 Å². The number of benzene rings is 3. The molecule has 1 aliphatic carbocycles. The van der Waals surface area contributed by atoms with Crippen LogP contribution in [0.3, 0.4) is 0 Å². The molecule has 0 aliphatic heterocycles. The van der Waals surface area contributed by atoms with E-state index in [0.29, 0.717) is 16.7 Å². The highest BCUT2D eigenvalue weighted by Crippen LogP contribution is 2.53. The smallest absolute Gasteiger partial charge is 0.216 e. The fourth-order valence-corrected chi connectivity index (χ4v) is 6.73. The van der Waals surface area contributed by atoms with Gasteiger partial charge in [-0.05, 0) is 83.4 Å². The van der Waals surface area contributed by atoms with Crippen molar-refractivity contribution in [1.82, 2.24) is 0 Å². The van der Waals surface area contributed by atoms with Crippen molar-refractivity contribution in [1.29, 1.82) is 0 Å². The molecule has 3 aromatic carbocycles. The first-order chi connectivity index (χ1) is 18.6. The van der Waals surface area contributed by atoms with Crippen LogP contribution in [-0.4, -0.2) is 0 Å². The molecule has 2 aromatic heterocycles. The summed E-state index contributed by atoms with van der Waals surface area (Å²) in [5, 5.41) is 2.28. The molecular formula is C37H40NO+. The highest BCUT2D eigenvalue weighted by atomic mass is 16.3. The van der Waals surface area contributed by atoms with E-state index in [9.17, 15) is 0 Å². The molecule has 39 heavy (non-hydrogen) atoms. The van der Waals surface area contributed by atoms with E-state index in [1.165, 1.54) is 36.0 Å². The number of hydrogen-bond donors (Lipinski definition) is 0. The van der Waals surface area contributed by atoms with Crippen LogP contribution in [0.4, 0.5) is 0 Å². The first-order valence-electron chi connectivity index (χ1n) is 14.3. The van der Waals surface area contributed by atoms with E-state index in [0.717, 1.165) is 44.3 Å². The van der Waals surface area contributed by atoms with Crippen LogP contribution < -0.4 is 4.57 Å². The summed E-state index contributed by atoms with van der Waals surface area (Å²) < 4.78 is 8.98. The number of furan rings is 1. The minimum atomic E-state index is 0.313. The van der Waals surface area contributed by atoms with E-state index in [4.69, 9.17) is 4.42 Å². The number of rotatable bonds is 4. The lowest BCUT2D eigenvalue weighted by Gasteiger charge is -2.46. The van der Waals surface area contributed by atoms with Gasteiger partial charge in [0.2, 0.25) is 5.69 Å². The maximum atomic E-state index is 6.82. The van der Waals surface area contributed by atoms with Crippen molar-refractivity contribution in [2.24, 2.45) is 17.9 Å². The molecule has 1 atom stereocenters. The van der Waals surface area contributed by atoms with Crippen LogP contribution in [0, 0.1) is 17.8 Å². The summed E-state index contributed by atoms with van der Waals surface area (Å²) in [5.41, 5.74) is 10.9. The molecule has 198 valence electrons. The van der Waals surface area contributed by atoms with Crippen molar-refractivity contribution in [2.75, 3.05) is 0 Å². The number of aryl methyl sites for hydroxylation is 2. The maximum Gasteiger partial charge on any atom is 0.216 e. The monoisotopic (exact) mass is 514 g/mol. The van der Waals surface area contributed by atoms with Gasteiger partial charge in [0.25, 0.3) is 0 Å². The Balaban J connectivity index is 1.52. The topological polar surface area (TPSA) is 17.0 Å². The van der Waals surface area contributed by atoms with E-state index in [2.05, 4.69) is 126 Å². The lowest BCUT2D eigenvalue weighted by molar-refractivity contribution is -0.660. The molecule has 0 saturated heterocycles. The second kappa shape index (κ2) is 9.23. The summed E-state index contributed by atoms with van der Waals surface area (Å²) in [6, 6.07) is 24.5. The summed E-state index contributed by atoms with van der Waals surface area (Å²) in [4.78, 5) is 0. The molecule has 1 unspecified atom stereocenters. The zero-order valence-electron chi connectivity index (χ0n) is 24.3. The molecule has 0 spiro atoms. The Morgan fingerprint density at radius 1 is 0.897 bits per heavy atom. The largest absolute Gasteiger partial charge is 0.454 e. The molecule has 0 radical (unpaired) electrons. The third kappa shape index (κ3) is 4.40. The Morgan fingerprint density at radius 3 is 2.38 bits per heavy atom. The average Bonchev–Trinajstić information content (AvgIpc) is 3.29. The molecule has 0 N–H and O–H groups in total. The number of fused-ring (bicyclic) bond motifs is 3. The van der Waals surface area contributed by atoms with Crippen LogP contribution in [0.15, 0.2) is 83.9 Å². The second-order valence-corrected chi connectivity index (χ2v) is 13.1. The number of hydrogen-bond acceptors (Lipinski definition) is 1. The van der Waals surface area contributed by atoms with Gasteiger partial charge in [0.1, 0.15) is 18.2 Å². The SMILES string of the molecule is C=Cc1cc(-c2ccc(C3CC(C)(C)CCC3(C)C)cc2)c2oc3c(-c4cccc[n+]4C)c(C)ccc3c2c1. The van der Waals surface area contributed by atoms with Crippen molar-refractivity contribution in [3.8, 4) is 22.4 Å². The summed E-state index contributed by atoms with van der Waals surface area (Å²) in [7, 11) is 2.09. The summed E-state index contributed by atoms with van der Waals surface area (Å²) in [6.45, 7) is 16.0. The van der Waals surface area contributed by atoms with Crippen LogP contribution in [0.5, 0.6) is 0 Å². The lowest BCUT2D eigenvalue weighted by atomic mass is 9.59. The van der Waals surface area contributed by atoms with E-state index < -0.39 is 0 Å². The van der Waals surface area contributed by atoms with Gasteiger partial charge in [-0.3, -0.25) is 0 Å². The molecule has 1 fully saturated rings. The Bertz CT molecular complexity index is 1710. The zero-order chi connectivity index (χ0) is 27.5. The number of nitrogens with zero attached hydrogens (tertiary/aromatic N) is 1. The average molecular weight is 515 g/mol. The first kappa shape index (κ1) is 25.6. The fourth-order valence-electron chi connectivity index (χ4n) is 6.73. The van der Waals surface area contributed by atoms with Gasteiger partial charge in [0, 0.05) is 28.5 Å². The highest BCUT2D eigenvalue weighted by Gasteiger charge is 2.40. The van der Waals surface area contributed by atoms with Crippen molar-refractivity contribution in [2.45, 2.75) is 59.8 Å². The van der Waals surface area contributed by atoms with Gasteiger partial charge in [0.15, 0.2) is 6.20 Å². The molecule has 1 saturated carbocycles. The van der Waals surface area contributed by atoms with Crippen molar-refractivity contribution in [3.05, 3.63) is 96.2 Å². The molecule has 0 amide bonds. The lowest BCUT2D eigenvalue weighted by Crippen LogP contribution is -2.34. The molecule has 1 aliphatic rings. The normalized spacial score (nSPS) is 18.5. The van der Waals surface area contributed by atoms with Crippen LogP contribution in [-0.2, 0) is 7.05 Å². The van der Waals surface area contributed by atoms with Gasteiger partial charge in [0.05, 0.1) is 5.56 Å². The number of pyridine rings is 1. The fraction of sp³-hybridized carbons (Fsp3) is 0.324. The second-order valence-electron chi connectivity index (χ2n) is 13.1. The van der Waals surface area contributed by atoms with Gasteiger partial charge in [-0.15, -0.1) is 0 Å². The summed E-state index contributed by atoms with van der Waals surface area (Å²) in [6.07, 6.45) is 7.84. The Labute approximate surface area is 233 Å². The van der Waals surface area contributed by atoms with Crippen LogP contribution in [0.1, 0.15) is 69.6 Å². The molecular weight excluding hydrogens is 474 g/mol. The van der Waals surface area contributed by atoms with Crippen molar-refractivity contribution < 1.29 is 8.98 Å². The third-order valence-corrected chi connectivity index (χ3v) is 9.29. The van der Waals surface area contributed by atoms with E-state index >= 15 is 0 Å². The molecule has 2 heterocycles. The molecule has 0 bridgehead atoms. The predicted octanol–water partition coefficient (Wildman–Crippen LogP) is 10.0. The van der Waals surface area contributed by atoms with Crippen LogP contribution >= 0.6 is 0 Å². The first-order valence-corrected chi connectivity index (χ1v) is 14.3. The van der Waals surface area contributed by atoms with Crippen LogP contribution in [0.2, 0.25) is 0 Å². The van der Waals surface area contributed by atoms with E-state index in [1.54, 1.807) is 0 Å². The molecule has 5 aromatic rings. The summed E-state index contributed by atoms with van der Waals surface area (Å²) in [5.74, 6) is 0.568. The van der Waals surface area contributed by atoms with Crippen molar-refractivity contribution in [3.63, 3.8) is 0 Å². The minimum absolute atomic E-state index is 0.313. The van der Waals surface area contributed by atoms with Crippen molar-refractivity contribution >= 4 is 28.0 Å². The van der Waals surface area contributed by atoms with Gasteiger partial charge >= 0.3 is 0 Å². The number of aromatic nitrogens is 1. The van der Waals surface area contributed by atoms with Gasteiger partial charge in [-0.1, -0.05) is 76.7 Å². The Hall–Kier alpha value is -3.65. The van der Waals surface area contributed by atoms with E-state index in [1.807, 2.05) is 6.08 Å². The summed E-state index contributed by atoms with van der Waals surface area (Å²) >= 11 is 0. The van der Waals surface area contributed by atoms with Crippen LogP contribution in [0.25, 0.3) is 50.4 Å². The van der Waals surface area contributed by atoms with Gasteiger partial charge in [-0.2, -0.15) is 0 Å². The van der Waals surface area contributed by atoms with Gasteiger partial charge < -0.3 is 4.42 Å². The minimum Gasteiger partial charge on any atom is -0.454 e. The quantitative estimate of drug-likeness (QED) is 0.218.